The molecule has 0 saturated heterocycles. The van der Waals surface area contributed by atoms with Crippen LogP contribution in [0, 0.1) is 0 Å². The van der Waals surface area contributed by atoms with Gasteiger partial charge in [0.1, 0.15) is 5.75 Å². The smallest absolute Gasteiger partial charge is 0.347 e. The molecule has 1 aromatic carbocycles. The highest BCUT2D eigenvalue weighted by atomic mass is 35.5. The minimum absolute atomic E-state index is 0.331. The highest BCUT2D eigenvalue weighted by Gasteiger charge is 2.21. The van der Waals surface area contributed by atoms with E-state index in [-0.39, 0.29) is 5.97 Å². The first kappa shape index (κ1) is 14.6. The number of halogens is 1. The second kappa shape index (κ2) is 7.11. The third kappa shape index (κ3) is 4.11. The number of carbonyl (C=O) groups is 1. The highest BCUT2D eigenvalue weighted by molar-refractivity contribution is 6.32. The molecule has 100 valence electrons. The van der Waals surface area contributed by atoms with Crippen LogP contribution in [0.25, 0.3) is 0 Å². The summed E-state index contributed by atoms with van der Waals surface area (Å²) >= 11 is 6.00. The Labute approximate surface area is 112 Å². The van der Waals surface area contributed by atoms with Crippen LogP contribution in [0.2, 0.25) is 5.02 Å². The van der Waals surface area contributed by atoms with Gasteiger partial charge in [0.15, 0.2) is 6.10 Å². The maximum atomic E-state index is 11.7. The van der Waals surface area contributed by atoms with Gasteiger partial charge in [-0.2, -0.15) is 0 Å². The van der Waals surface area contributed by atoms with Gasteiger partial charge in [-0.15, -0.1) is 0 Å². The molecular weight excluding hydrogens is 254 g/mol. The van der Waals surface area contributed by atoms with Crippen molar-refractivity contribution in [2.45, 2.75) is 32.8 Å². The lowest BCUT2D eigenvalue weighted by Crippen LogP contribution is -2.29. The Balaban J connectivity index is 2.79. The Morgan fingerprint density at radius 3 is 2.72 bits per heavy atom. The second-order valence-electron chi connectivity index (χ2n) is 3.84. The molecule has 0 amide bonds. The summed E-state index contributed by atoms with van der Waals surface area (Å²) in [5.41, 5.74) is 6.14. The lowest BCUT2D eigenvalue weighted by molar-refractivity contribution is -0.151. The third-order valence-electron chi connectivity index (χ3n) is 2.33. The summed E-state index contributed by atoms with van der Waals surface area (Å²) in [5.74, 6) is 0.0737. The Bertz CT molecular complexity index is 409. The van der Waals surface area contributed by atoms with Crippen molar-refractivity contribution in [3.05, 3.63) is 23.2 Å². The molecule has 4 nitrogen and oxygen atoms in total. The fourth-order valence-electron chi connectivity index (χ4n) is 1.49. The van der Waals surface area contributed by atoms with Crippen LogP contribution in [0.15, 0.2) is 18.2 Å². The minimum Gasteiger partial charge on any atom is -0.477 e. The summed E-state index contributed by atoms with van der Waals surface area (Å²) < 4.78 is 10.6. The first-order valence-corrected chi connectivity index (χ1v) is 6.34. The average Bonchev–Trinajstić information content (AvgIpc) is 2.32. The van der Waals surface area contributed by atoms with Gasteiger partial charge in [-0.3, -0.25) is 0 Å². The summed E-state index contributed by atoms with van der Waals surface area (Å²) in [6.45, 7) is 4.06. The van der Waals surface area contributed by atoms with E-state index in [0.29, 0.717) is 29.5 Å². The van der Waals surface area contributed by atoms with E-state index in [0.717, 1.165) is 6.42 Å². The maximum Gasteiger partial charge on any atom is 0.347 e. The van der Waals surface area contributed by atoms with Crippen LogP contribution < -0.4 is 10.5 Å². The molecule has 1 rings (SSSR count). The van der Waals surface area contributed by atoms with E-state index in [1.54, 1.807) is 25.1 Å². The molecule has 5 heteroatoms. The van der Waals surface area contributed by atoms with E-state index in [1.165, 1.54) is 0 Å². The van der Waals surface area contributed by atoms with E-state index >= 15 is 0 Å². The normalized spacial score (nSPS) is 11.9. The minimum atomic E-state index is -0.629. The monoisotopic (exact) mass is 271 g/mol. The largest absolute Gasteiger partial charge is 0.477 e. The first-order chi connectivity index (χ1) is 8.58. The predicted molar refractivity (Wildman–Crippen MR) is 71.8 cm³/mol. The lowest BCUT2D eigenvalue weighted by atomic mass is 10.2. The van der Waals surface area contributed by atoms with Crippen molar-refractivity contribution in [2.24, 2.45) is 0 Å². The van der Waals surface area contributed by atoms with E-state index in [9.17, 15) is 4.79 Å². The number of carbonyl (C=O) groups excluding carboxylic acids is 1. The molecular formula is C13H18ClNO3. The van der Waals surface area contributed by atoms with Crippen molar-refractivity contribution in [3.63, 3.8) is 0 Å². The number of nitrogens with two attached hydrogens (primary N) is 1. The zero-order valence-corrected chi connectivity index (χ0v) is 11.4. The van der Waals surface area contributed by atoms with Crippen molar-refractivity contribution in [2.75, 3.05) is 12.3 Å². The van der Waals surface area contributed by atoms with Gasteiger partial charge in [0.2, 0.25) is 0 Å². The van der Waals surface area contributed by atoms with Gasteiger partial charge >= 0.3 is 5.97 Å². The van der Waals surface area contributed by atoms with Gasteiger partial charge in [0.05, 0.1) is 11.6 Å². The fourth-order valence-corrected chi connectivity index (χ4v) is 1.72. The number of anilines is 1. The summed E-state index contributed by atoms with van der Waals surface area (Å²) in [4.78, 5) is 11.7. The number of hydrogen-bond donors (Lipinski definition) is 1. The summed E-state index contributed by atoms with van der Waals surface area (Å²) in [5, 5.41) is 0.389. The van der Waals surface area contributed by atoms with E-state index in [2.05, 4.69) is 0 Å². The molecule has 0 spiro atoms. The fraction of sp³-hybridized carbons (Fsp3) is 0.462. The first-order valence-electron chi connectivity index (χ1n) is 5.96. The molecule has 0 bridgehead atoms. The molecule has 18 heavy (non-hydrogen) atoms. The van der Waals surface area contributed by atoms with Crippen LogP contribution in [0.1, 0.15) is 26.7 Å². The lowest BCUT2D eigenvalue weighted by Gasteiger charge is -2.17. The predicted octanol–water partition coefficient (Wildman–Crippen LogP) is 3.03. The maximum absolute atomic E-state index is 11.7. The molecule has 0 saturated carbocycles. The third-order valence-corrected chi connectivity index (χ3v) is 2.62. The summed E-state index contributed by atoms with van der Waals surface area (Å²) in [6, 6.07) is 4.92. The molecule has 0 radical (unpaired) electrons. The number of benzene rings is 1. The van der Waals surface area contributed by atoms with Crippen LogP contribution in [0.3, 0.4) is 0 Å². The van der Waals surface area contributed by atoms with E-state index in [4.69, 9.17) is 26.8 Å². The summed E-state index contributed by atoms with van der Waals surface area (Å²) in [7, 11) is 0. The summed E-state index contributed by atoms with van der Waals surface area (Å²) in [6.07, 6.45) is 0.770. The molecule has 0 aliphatic rings. The zero-order valence-electron chi connectivity index (χ0n) is 10.6. The molecule has 0 aromatic heterocycles. The van der Waals surface area contributed by atoms with Crippen LogP contribution in [-0.2, 0) is 9.53 Å². The SMILES string of the molecule is CCCC(Oc1ccc(N)cc1Cl)C(=O)OCC. The van der Waals surface area contributed by atoms with Gasteiger partial charge in [0, 0.05) is 5.69 Å². The Morgan fingerprint density at radius 1 is 1.44 bits per heavy atom. The zero-order chi connectivity index (χ0) is 13.5. The number of rotatable bonds is 6. The van der Waals surface area contributed by atoms with E-state index < -0.39 is 6.10 Å². The second-order valence-corrected chi connectivity index (χ2v) is 4.24. The van der Waals surface area contributed by atoms with Crippen molar-refractivity contribution in [1.29, 1.82) is 0 Å². The molecule has 1 unspecified atom stereocenters. The van der Waals surface area contributed by atoms with Crippen molar-refractivity contribution < 1.29 is 14.3 Å². The van der Waals surface area contributed by atoms with Gasteiger partial charge in [-0.25, -0.2) is 4.79 Å². The molecule has 0 aliphatic heterocycles. The highest BCUT2D eigenvalue weighted by Crippen LogP contribution is 2.28. The molecule has 0 aliphatic carbocycles. The van der Waals surface area contributed by atoms with E-state index in [1.807, 2.05) is 6.92 Å². The van der Waals surface area contributed by atoms with Crippen LogP contribution in [0.4, 0.5) is 5.69 Å². The topological polar surface area (TPSA) is 61.5 Å². The number of ether oxygens (including phenoxy) is 2. The van der Waals surface area contributed by atoms with Crippen LogP contribution in [0.5, 0.6) is 5.75 Å². The average molecular weight is 272 g/mol. The van der Waals surface area contributed by atoms with Crippen LogP contribution >= 0.6 is 11.6 Å². The molecule has 1 aromatic rings. The number of hydrogen-bond acceptors (Lipinski definition) is 4. The molecule has 0 heterocycles. The number of nitrogen functional groups attached to an aromatic ring is 1. The molecule has 2 N–H and O–H groups in total. The molecule has 0 fully saturated rings. The van der Waals surface area contributed by atoms with Crippen molar-refractivity contribution in [1.82, 2.24) is 0 Å². The van der Waals surface area contributed by atoms with Crippen LogP contribution in [-0.4, -0.2) is 18.7 Å². The quantitative estimate of drug-likeness (QED) is 0.638. The van der Waals surface area contributed by atoms with Gasteiger partial charge in [-0.1, -0.05) is 24.9 Å². The molecule has 1 atom stereocenters. The standard InChI is InChI=1S/C13H18ClNO3/c1-3-5-12(13(16)17-4-2)18-11-7-6-9(15)8-10(11)14/h6-8,12H,3-5,15H2,1-2H3. The number of esters is 1. The van der Waals surface area contributed by atoms with Gasteiger partial charge in [-0.05, 0) is 31.5 Å². The Kier molecular flexibility index (Phi) is 5.78. The van der Waals surface area contributed by atoms with Crippen molar-refractivity contribution in [3.8, 4) is 5.75 Å². The Morgan fingerprint density at radius 2 is 2.17 bits per heavy atom. The van der Waals surface area contributed by atoms with Crippen molar-refractivity contribution >= 4 is 23.3 Å². The van der Waals surface area contributed by atoms with Gasteiger partial charge in [0.25, 0.3) is 0 Å². The Hall–Kier alpha value is -1.42. The van der Waals surface area contributed by atoms with Gasteiger partial charge < -0.3 is 15.2 Å².